The SMILES string of the molecule is CC1CCC(CNC2CC2)C(Cc2ccc(F)c(F)c2)C1. The number of halogens is 2. The molecule has 3 rings (SSSR count). The van der Waals surface area contributed by atoms with Crippen LogP contribution in [0.4, 0.5) is 8.78 Å². The van der Waals surface area contributed by atoms with E-state index < -0.39 is 11.6 Å². The van der Waals surface area contributed by atoms with Crippen molar-refractivity contribution in [3.8, 4) is 0 Å². The van der Waals surface area contributed by atoms with E-state index in [0.717, 1.165) is 30.5 Å². The maximum atomic E-state index is 13.4. The third-order valence-corrected chi connectivity index (χ3v) is 5.13. The van der Waals surface area contributed by atoms with Crippen LogP contribution in [0.15, 0.2) is 18.2 Å². The highest BCUT2D eigenvalue weighted by molar-refractivity contribution is 5.18. The van der Waals surface area contributed by atoms with Crippen LogP contribution < -0.4 is 5.32 Å². The van der Waals surface area contributed by atoms with Crippen LogP contribution in [-0.4, -0.2) is 12.6 Å². The standard InChI is InChI=1S/C18H25F2N/c1-12-2-4-14(11-21-16-5-6-16)15(8-12)9-13-3-7-17(19)18(20)10-13/h3,7,10,12,14-16,21H,2,4-6,8-9,11H2,1H3. The summed E-state index contributed by atoms with van der Waals surface area (Å²) in [5.41, 5.74) is 0.935. The Hall–Kier alpha value is -0.960. The third kappa shape index (κ3) is 4.03. The van der Waals surface area contributed by atoms with Gasteiger partial charge in [-0.2, -0.15) is 0 Å². The van der Waals surface area contributed by atoms with E-state index in [1.165, 1.54) is 44.2 Å². The zero-order chi connectivity index (χ0) is 14.8. The maximum Gasteiger partial charge on any atom is 0.159 e. The second-order valence-corrected chi connectivity index (χ2v) is 7.07. The van der Waals surface area contributed by atoms with Crippen LogP contribution in [-0.2, 0) is 6.42 Å². The largest absolute Gasteiger partial charge is 0.314 e. The monoisotopic (exact) mass is 293 g/mol. The minimum absolute atomic E-state index is 0.588. The number of hydrogen-bond acceptors (Lipinski definition) is 1. The minimum atomic E-state index is -0.747. The normalized spacial score (nSPS) is 29.6. The predicted octanol–water partition coefficient (Wildman–Crippen LogP) is 4.31. The van der Waals surface area contributed by atoms with Crippen molar-refractivity contribution in [3.05, 3.63) is 35.4 Å². The first kappa shape index (κ1) is 15.0. The summed E-state index contributed by atoms with van der Waals surface area (Å²) < 4.78 is 26.4. The molecule has 0 amide bonds. The van der Waals surface area contributed by atoms with Gasteiger partial charge in [-0.25, -0.2) is 8.78 Å². The van der Waals surface area contributed by atoms with Crippen molar-refractivity contribution in [2.45, 2.75) is 51.5 Å². The molecule has 2 saturated carbocycles. The van der Waals surface area contributed by atoms with Gasteiger partial charge in [0.25, 0.3) is 0 Å². The van der Waals surface area contributed by atoms with Crippen molar-refractivity contribution < 1.29 is 8.78 Å². The molecular weight excluding hydrogens is 268 g/mol. The molecule has 0 heterocycles. The molecule has 2 fully saturated rings. The first-order valence-corrected chi connectivity index (χ1v) is 8.29. The molecule has 116 valence electrons. The molecule has 3 heteroatoms. The Kier molecular flexibility index (Phi) is 4.58. The zero-order valence-electron chi connectivity index (χ0n) is 12.7. The number of hydrogen-bond donors (Lipinski definition) is 1. The minimum Gasteiger partial charge on any atom is -0.314 e. The topological polar surface area (TPSA) is 12.0 Å². The third-order valence-electron chi connectivity index (χ3n) is 5.13. The Morgan fingerprint density at radius 3 is 2.57 bits per heavy atom. The van der Waals surface area contributed by atoms with Crippen LogP contribution in [0.5, 0.6) is 0 Å². The van der Waals surface area contributed by atoms with Crippen LogP contribution in [0.1, 0.15) is 44.6 Å². The van der Waals surface area contributed by atoms with Gasteiger partial charge in [0.1, 0.15) is 0 Å². The number of nitrogens with one attached hydrogen (secondary N) is 1. The van der Waals surface area contributed by atoms with Crippen molar-refractivity contribution in [1.82, 2.24) is 5.32 Å². The van der Waals surface area contributed by atoms with Crippen molar-refractivity contribution in [3.63, 3.8) is 0 Å². The van der Waals surface area contributed by atoms with E-state index in [9.17, 15) is 8.78 Å². The quantitative estimate of drug-likeness (QED) is 0.853. The molecule has 0 saturated heterocycles. The lowest BCUT2D eigenvalue weighted by molar-refractivity contribution is 0.183. The van der Waals surface area contributed by atoms with Gasteiger partial charge in [0, 0.05) is 6.04 Å². The lowest BCUT2D eigenvalue weighted by Gasteiger charge is -2.35. The van der Waals surface area contributed by atoms with Crippen LogP contribution in [0.25, 0.3) is 0 Å². The highest BCUT2D eigenvalue weighted by Gasteiger charge is 2.30. The molecule has 1 N–H and O–H groups in total. The van der Waals surface area contributed by atoms with E-state index in [1.807, 2.05) is 0 Å². The maximum absolute atomic E-state index is 13.4. The summed E-state index contributed by atoms with van der Waals surface area (Å²) in [7, 11) is 0. The van der Waals surface area contributed by atoms with Crippen LogP contribution in [0.2, 0.25) is 0 Å². The summed E-state index contributed by atoms with van der Waals surface area (Å²) in [4.78, 5) is 0. The first-order valence-electron chi connectivity index (χ1n) is 8.29. The van der Waals surface area contributed by atoms with Gasteiger partial charge in [-0.15, -0.1) is 0 Å². The first-order chi connectivity index (χ1) is 10.1. The molecule has 1 nitrogen and oxygen atoms in total. The predicted molar refractivity (Wildman–Crippen MR) is 81.1 cm³/mol. The van der Waals surface area contributed by atoms with Gasteiger partial charge in [-0.05, 0) is 74.1 Å². The second kappa shape index (κ2) is 6.43. The van der Waals surface area contributed by atoms with Crippen LogP contribution >= 0.6 is 0 Å². The van der Waals surface area contributed by atoms with Crippen molar-refractivity contribution in [2.24, 2.45) is 17.8 Å². The lowest BCUT2D eigenvalue weighted by atomic mass is 9.72. The van der Waals surface area contributed by atoms with Gasteiger partial charge >= 0.3 is 0 Å². The molecule has 0 spiro atoms. The van der Waals surface area contributed by atoms with Gasteiger partial charge < -0.3 is 5.32 Å². The van der Waals surface area contributed by atoms with Gasteiger partial charge in [0.2, 0.25) is 0 Å². The van der Waals surface area contributed by atoms with E-state index in [-0.39, 0.29) is 0 Å². The smallest absolute Gasteiger partial charge is 0.159 e. The molecule has 0 bridgehead atoms. The van der Waals surface area contributed by atoms with Gasteiger partial charge in [-0.3, -0.25) is 0 Å². The molecule has 3 unspecified atom stereocenters. The molecule has 2 aliphatic rings. The highest BCUT2D eigenvalue weighted by Crippen LogP contribution is 2.36. The Bertz CT molecular complexity index is 484. The molecule has 0 aliphatic heterocycles. The Balaban J connectivity index is 1.64. The van der Waals surface area contributed by atoms with Crippen molar-refractivity contribution in [1.29, 1.82) is 0 Å². The average molecular weight is 293 g/mol. The summed E-state index contributed by atoms with van der Waals surface area (Å²) in [6.45, 7) is 3.40. The summed E-state index contributed by atoms with van der Waals surface area (Å²) in [5.74, 6) is 0.545. The molecule has 1 aromatic carbocycles. The molecular formula is C18H25F2N. The molecule has 1 aromatic rings. The molecule has 3 atom stereocenters. The molecule has 0 aromatic heterocycles. The molecule has 21 heavy (non-hydrogen) atoms. The zero-order valence-corrected chi connectivity index (χ0v) is 12.7. The summed E-state index contributed by atoms with van der Waals surface area (Å²) in [6.07, 6.45) is 7.27. The van der Waals surface area contributed by atoms with Gasteiger partial charge in [-0.1, -0.05) is 19.4 Å². The molecule has 2 aliphatic carbocycles. The number of benzene rings is 1. The summed E-state index contributed by atoms with van der Waals surface area (Å²) >= 11 is 0. The van der Waals surface area contributed by atoms with Crippen LogP contribution in [0, 0.1) is 29.4 Å². The van der Waals surface area contributed by atoms with Crippen molar-refractivity contribution in [2.75, 3.05) is 6.54 Å². The van der Waals surface area contributed by atoms with E-state index >= 15 is 0 Å². The second-order valence-electron chi connectivity index (χ2n) is 7.07. The fourth-order valence-electron chi connectivity index (χ4n) is 3.66. The Morgan fingerprint density at radius 2 is 1.86 bits per heavy atom. The van der Waals surface area contributed by atoms with E-state index in [0.29, 0.717) is 11.8 Å². The Labute approximate surface area is 126 Å². The van der Waals surface area contributed by atoms with Gasteiger partial charge in [0.05, 0.1) is 0 Å². The van der Waals surface area contributed by atoms with Gasteiger partial charge in [0.15, 0.2) is 11.6 Å². The molecule has 0 radical (unpaired) electrons. The lowest BCUT2D eigenvalue weighted by Crippen LogP contribution is -2.34. The number of rotatable bonds is 5. The highest BCUT2D eigenvalue weighted by atomic mass is 19.2. The van der Waals surface area contributed by atoms with Crippen molar-refractivity contribution >= 4 is 0 Å². The fourth-order valence-corrected chi connectivity index (χ4v) is 3.66. The fraction of sp³-hybridized carbons (Fsp3) is 0.667. The van der Waals surface area contributed by atoms with Crippen LogP contribution in [0.3, 0.4) is 0 Å². The van der Waals surface area contributed by atoms with E-state index in [4.69, 9.17) is 0 Å². The summed E-state index contributed by atoms with van der Waals surface area (Å²) in [5, 5.41) is 3.64. The van der Waals surface area contributed by atoms with E-state index in [2.05, 4.69) is 12.2 Å². The average Bonchev–Trinajstić information content (AvgIpc) is 3.26. The van der Waals surface area contributed by atoms with E-state index in [1.54, 1.807) is 6.07 Å². The summed E-state index contributed by atoms with van der Waals surface area (Å²) in [6, 6.07) is 5.12. The Morgan fingerprint density at radius 1 is 1.05 bits per heavy atom.